The van der Waals surface area contributed by atoms with Crippen molar-refractivity contribution in [3.63, 3.8) is 0 Å². The molecule has 2 aromatic rings. The molecule has 1 aromatic heterocycles. The van der Waals surface area contributed by atoms with Gasteiger partial charge < -0.3 is 0 Å². The van der Waals surface area contributed by atoms with E-state index in [9.17, 15) is 4.79 Å². The topological polar surface area (TPSA) is 30.0 Å². The fourth-order valence-corrected chi connectivity index (χ4v) is 2.79. The molecule has 0 N–H and O–H groups in total. The minimum atomic E-state index is 0.201. The second-order valence-electron chi connectivity index (χ2n) is 5.12. The van der Waals surface area contributed by atoms with Crippen LogP contribution in [0.4, 0.5) is 0 Å². The van der Waals surface area contributed by atoms with Gasteiger partial charge in [-0.1, -0.05) is 43.5 Å². The quantitative estimate of drug-likeness (QED) is 0.741. The van der Waals surface area contributed by atoms with Gasteiger partial charge in [-0.3, -0.25) is 9.78 Å². The van der Waals surface area contributed by atoms with Gasteiger partial charge in [-0.05, 0) is 24.3 Å². The number of carbonyl (C=O) groups is 1. The van der Waals surface area contributed by atoms with Crippen LogP contribution in [-0.4, -0.2) is 10.8 Å². The summed E-state index contributed by atoms with van der Waals surface area (Å²) in [5.41, 5.74) is 0.639. The number of hydrogen-bond acceptors (Lipinski definition) is 2. The van der Waals surface area contributed by atoms with Crippen LogP contribution < -0.4 is 0 Å². The first-order chi connectivity index (χ1) is 8.84. The van der Waals surface area contributed by atoms with E-state index in [0.717, 1.165) is 23.6 Å². The summed E-state index contributed by atoms with van der Waals surface area (Å²) in [7, 11) is 0. The van der Waals surface area contributed by atoms with Gasteiger partial charge in [0.05, 0.1) is 0 Å². The summed E-state index contributed by atoms with van der Waals surface area (Å²) in [6.07, 6.45) is 7.52. The number of Topliss-reactive ketones (excluding diaryl/α,β-unsaturated/α-hetero) is 1. The smallest absolute Gasteiger partial charge is 0.184 e. The van der Waals surface area contributed by atoms with Crippen molar-refractivity contribution >= 4 is 16.6 Å². The summed E-state index contributed by atoms with van der Waals surface area (Å²) >= 11 is 0. The van der Waals surface area contributed by atoms with Crippen molar-refractivity contribution < 1.29 is 4.79 Å². The molecule has 0 atom stereocenters. The molecule has 2 nitrogen and oxygen atoms in total. The van der Waals surface area contributed by atoms with Gasteiger partial charge in [-0.25, -0.2) is 0 Å². The maximum atomic E-state index is 12.4. The van der Waals surface area contributed by atoms with Gasteiger partial charge in [0.1, 0.15) is 5.69 Å². The Labute approximate surface area is 107 Å². The second-order valence-corrected chi connectivity index (χ2v) is 5.12. The van der Waals surface area contributed by atoms with Crippen LogP contribution >= 0.6 is 0 Å². The Morgan fingerprint density at radius 1 is 1.06 bits per heavy atom. The van der Waals surface area contributed by atoms with Crippen LogP contribution in [0, 0.1) is 5.92 Å². The van der Waals surface area contributed by atoms with Crippen LogP contribution in [0.25, 0.3) is 10.8 Å². The van der Waals surface area contributed by atoms with Crippen LogP contribution in [0.1, 0.15) is 42.6 Å². The predicted octanol–water partition coefficient (Wildman–Crippen LogP) is 4.00. The molecule has 1 aromatic carbocycles. The molecule has 0 saturated heterocycles. The average Bonchev–Trinajstić information content (AvgIpc) is 2.47. The lowest BCUT2D eigenvalue weighted by molar-refractivity contribution is 0.0884. The van der Waals surface area contributed by atoms with Gasteiger partial charge >= 0.3 is 0 Å². The fraction of sp³-hybridized carbons (Fsp3) is 0.375. The SMILES string of the molecule is O=C(c1cc2ccccc2cn1)C1CCCCC1. The Morgan fingerprint density at radius 2 is 1.78 bits per heavy atom. The molecule has 0 unspecified atom stereocenters. The van der Waals surface area contributed by atoms with Gasteiger partial charge in [-0.15, -0.1) is 0 Å². The Hall–Kier alpha value is -1.70. The van der Waals surface area contributed by atoms with Crippen molar-refractivity contribution in [1.82, 2.24) is 4.98 Å². The van der Waals surface area contributed by atoms with E-state index in [0.29, 0.717) is 5.69 Å². The normalized spacial score (nSPS) is 16.9. The monoisotopic (exact) mass is 239 g/mol. The summed E-state index contributed by atoms with van der Waals surface area (Å²) in [5, 5.41) is 2.20. The van der Waals surface area contributed by atoms with Crippen LogP contribution in [0.2, 0.25) is 0 Å². The molecule has 0 bridgehead atoms. The first-order valence-corrected chi connectivity index (χ1v) is 6.73. The van der Waals surface area contributed by atoms with Crippen molar-refractivity contribution in [3.8, 4) is 0 Å². The van der Waals surface area contributed by atoms with Crippen LogP contribution in [0.15, 0.2) is 36.5 Å². The molecule has 18 heavy (non-hydrogen) atoms. The standard InChI is InChI=1S/C16H17NO/c18-16(12-6-2-1-3-7-12)15-10-13-8-4-5-9-14(13)11-17-15/h4-5,8-12H,1-3,6-7H2. The fourth-order valence-electron chi connectivity index (χ4n) is 2.79. The number of aromatic nitrogens is 1. The van der Waals surface area contributed by atoms with E-state index in [-0.39, 0.29) is 11.7 Å². The lowest BCUT2D eigenvalue weighted by atomic mass is 9.85. The van der Waals surface area contributed by atoms with E-state index < -0.39 is 0 Å². The number of ketones is 1. The first kappa shape index (κ1) is 11.4. The molecule has 1 saturated carbocycles. The Bertz CT molecular complexity index is 570. The summed E-state index contributed by atoms with van der Waals surface area (Å²) in [4.78, 5) is 16.7. The number of hydrogen-bond donors (Lipinski definition) is 0. The number of carbonyl (C=O) groups excluding carboxylic acids is 1. The highest BCUT2D eigenvalue weighted by atomic mass is 16.1. The van der Waals surface area contributed by atoms with E-state index in [1.54, 1.807) is 0 Å². The molecule has 1 heterocycles. The maximum Gasteiger partial charge on any atom is 0.184 e. The van der Waals surface area contributed by atoms with E-state index in [1.807, 2.05) is 36.5 Å². The second kappa shape index (κ2) is 4.89. The molecule has 1 aliphatic rings. The number of rotatable bonds is 2. The Kier molecular flexibility index (Phi) is 3.09. The summed E-state index contributed by atoms with van der Waals surface area (Å²) < 4.78 is 0. The largest absolute Gasteiger partial charge is 0.292 e. The summed E-state index contributed by atoms with van der Waals surface area (Å²) in [6, 6.07) is 9.99. The van der Waals surface area contributed by atoms with E-state index >= 15 is 0 Å². The molecule has 92 valence electrons. The molecule has 0 amide bonds. The van der Waals surface area contributed by atoms with Crippen LogP contribution in [0.3, 0.4) is 0 Å². The van der Waals surface area contributed by atoms with Crippen LogP contribution in [-0.2, 0) is 0 Å². The van der Waals surface area contributed by atoms with E-state index in [1.165, 1.54) is 19.3 Å². The molecule has 0 spiro atoms. The highest BCUT2D eigenvalue weighted by molar-refractivity contribution is 5.99. The van der Waals surface area contributed by atoms with Crippen molar-refractivity contribution in [2.45, 2.75) is 32.1 Å². The Morgan fingerprint density at radius 3 is 2.56 bits per heavy atom. The highest BCUT2D eigenvalue weighted by Gasteiger charge is 2.23. The van der Waals surface area contributed by atoms with Crippen LogP contribution in [0.5, 0.6) is 0 Å². The van der Waals surface area contributed by atoms with Gasteiger partial charge in [0.2, 0.25) is 0 Å². The number of nitrogens with zero attached hydrogens (tertiary/aromatic N) is 1. The molecular formula is C16H17NO. The highest BCUT2D eigenvalue weighted by Crippen LogP contribution is 2.27. The first-order valence-electron chi connectivity index (χ1n) is 6.73. The van der Waals surface area contributed by atoms with E-state index in [4.69, 9.17) is 0 Å². The summed E-state index contributed by atoms with van der Waals surface area (Å²) in [5.74, 6) is 0.438. The zero-order chi connectivity index (χ0) is 12.4. The minimum Gasteiger partial charge on any atom is -0.292 e. The number of fused-ring (bicyclic) bond motifs is 1. The van der Waals surface area contributed by atoms with Gasteiger partial charge in [0.25, 0.3) is 0 Å². The minimum absolute atomic E-state index is 0.201. The number of benzene rings is 1. The maximum absolute atomic E-state index is 12.4. The lowest BCUT2D eigenvalue weighted by Crippen LogP contribution is -2.18. The van der Waals surface area contributed by atoms with Crippen molar-refractivity contribution in [2.75, 3.05) is 0 Å². The van der Waals surface area contributed by atoms with Gasteiger partial charge in [0, 0.05) is 17.5 Å². The third kappa shape index (κ3) is 2.15. The van der Waals surface area contributed by atoms with E-state index in [2.05, 4.69) is 4.98 Å². The third-order valence-corrected chi connectivity index (χ3v) is 3.86. The lowest BCUT2D eigenvalue weighted by Gasteiger charge is -2.19. The zero-order valence-electron chi connectivity index (χ0n) is 10.4. The number of pyridine rings is 1. The molecule has 1 fully saturated rings. The third-order valence-electron chi connectivity index (χ3n) is 3.86. The van der Waals surface area contributed by atoms with Crippen molar-refractivity contribution in [3.05, 3.63) is 42.2 Å². The molecule has 0 radical (unpaired) electrons. The molecular weight excluding hydrogens is 222 g/mol. The van der Waals surface area contributed by atoms with Crippen molar-refractivity contribution in [1.29, 1.82) is 0 Å². The predicted molar refractivity (Wildman–Crippen MR) is 72.6 cm³/mol. The zero-order valence-corrected chi connectivity index (χ0v) is 10.4. The molecule has 3 rings (SSSR count). The molecule has 1 aliphatic carbocycles. The van der Waals surface area contributed by atoms with Gasteiger partial charge in [0.15, 0.2) is 5.78 Å². The Balaban J connectivity index is 1.91. The van der Waals surface area contributed by atoms with Gasteiger partial charge in [-0.2, -0.15) is 0 Å². The van der Waals surface area contributed by atoms with Crippen molar-refractivity contribution in [2.24, 2.45) is 5.92 Å². The summed E-state index contributed by atoms with van der Waals surface area (Å²) in [6.45, 7) is 0. The average molecular weight is 239 g/mol. The molecule has 2 heteroatoms. The molecule has 0 aliphatic heterocycles.